The Morgan fingerprint density at radius 3 is 2.29 bits per heavy atom. The molecule has 0 unspecified atom stereocenters. The van der Waals surface area contributed by atoms with Crippen LogP contribution in [0.15, 0.2) is 47.4 Å². The number of sulfonamides is 1. The molecule has 1 amide bonds. The number of hydrogen-bond acceptors (Lipinski definition) is 5. The number of nitrogens with one attached hydrogen (secondary N) is 1. The van der Waals surface area contributed by atoms with Gasteiger partial charge in [0.15, 0.2) is 0 Å². The van der Waals surface area contributed by atoms with Crippen molar-refractivity contribution in [2.75, 3.05) is 38.0 Å². The van der Waals surface area contributed by atoms with Crippen LogP contribution in [-0.4, -0.2) is 62.9 Å². The Kier molecular flexibility index (Phi) is 7.24. The van der Waals surface area contributed by atoms with Gasteiger partial charge in [0.1, 0.15) is 5.75 Å². The highest BCUT2D eigenvalue weighted by Crippen LogP contribution is 2.23. The SMILES string of the molecule is Cc1ccc(S(=O)(=O)N2CCN(CC(=O)Nc3ccc(OC(F)F)cc3C)CC2)cc1. The fourth-order valence-electron chi connectivity index (χ4n) is 3.33. The number of carbonyl (C=O) groups excluding carboxylic acids is 1. The predicted molar refractivity (Wildman–Crippen MR) is 113 cm³/mol. The lowest BCUT2D eigenvalue weighted by atomic mass is 10.2. The van der Waals surface area contributed by atoms with Crippen LogP contribution in [0.1, 0.15) is 11.1 Å². The third kappa shape index (κ3) is 5.99. The van der Waals surface area contributed by atoms with Crippen molar-refractivity contribution in [1.82, 2.24) is 9.21 Å². The average Bonchev–Trinajstić information content (AvgIpc) is 2.70. The van der Waals surface area contributed by atoms with Gasteiger partial charge < -0.3 is 10.1 Å². The highest BCUT2D eigenvalue weighted by Gasteiger charge is 2.29. The van der Waals surface area contributed by atoms with Crippen molar-refractivity contribution in [3.05, 3.63) is 53.6 Å². The summed E-state index contributed by atoms with van der Waals surface area (Å²) in [6.07, 6.45) is 0. The van der Waals surface area contributed by atoms with Crippen LogP contribution in [0.2, 0.25) is 0 Å². The maximum Gasteiger partial charge on any atom is 0.387 e. The molecule has 0 spiro atoms. The van der Waals surface area contributed by atoms with Gasteiger partial charge in [0, 0.05) is 31.9 Å². The van der Waals surface area contributed by atoms with Gasteiger partial charge in [-0.25, -0.2) is 8.42 Å². The van der Waals surface area contributed by atoms with Gasteiger partial charge in [0.25, 0.3) is 0 Å². The lowest BCUT2D eigenvalue weighted by Gasteiger charge is -2.33. The zero-order valence-corrected chi connectivity index (χ0v) is 18.2. The topological polar surface area (TPSA) is 79.0 Å². The van der Waals surface area contributed by atoms with E-state index in [0.717, 1.165) is 5.56 Å². The largest absolute Gasteiger partial charge is 0.435 e. The molecule has 1 aliphatic rings. The number of alkyl halides is 2. The minimum Gasteiger partial charge on any atom is -0.435 e. The Balaban J connectivity index is 1.53. The van der Waals surface area contributed by atoms with Crippen molar-refractivity contribution >= 4 is 21.6 Å². The van der Waals surface area contributed by atoms with E-state index in [9.17, 15) is 22.0 Å². The Hall–Kier alpha value is -2.56. The normalized spacial score (nSPS) is 15.8. The van der Waals surface area contributed by atoms with Crippen molar-refractivity contribution in [3.8, 4) is 5.75 Å². The number of carbonyl (C=O) groups is 1. The van der Waals surface area contributed by atoms with Crippen LogP contribution in [0.25, 0.3) is 0 Å². The number of aryl methyl sites for hydroxylation is 2. The van der Waals surface area contributed by atoms with E-state index < -0.39 is 16.6 Å². The summed E-state index contributed by atoms with van der Waals surface area (Å²) in [5, 5.41) is 2.76. The van der Waals surface area contributed by atoms with Gasteiger partial charge in [0.05, 0.1) is 11.4 Å². The van der Waals surface area contributed by atoms with Crippen molar-refractivity contribution in [3.63, 3.8) is 0 Å². The first-order valence-corrected chi connectivity index (χ1v) is 11.2. The van der Waals surface area contributed by atoms with Gasteiger partial charge in [-0.15, -0.1) is 0 Å². The third-order valence-corrected chi connectivity index (χ3v) is 6.97. The molecule has 0 bridgehead atoms. The summed E-state index contributed by atoms with van der Waals surface area (Å²) >= 11 is 0. The fraction of sp³-hybridized carbons (Fsp3) is 0.381. The second-order valence-electron chi connectivity index (χ2n) is 7.40. The van der Waals surface area contributed by atoms with Gasteiger partial charge in [-0.1, -0.05) is 17.7 Å². The second-order valence-corrected chi connectivity index (χ2v) is 9.33. The lowest BCUT2D eigenvalue weighted by Crippen LogP contribution is -2.50. The number of benzene rings is 2. The number of rotatable bonds is 7. The van der Waals surface area contributed by atoms with Crippen molar-refractivity contribution in [2.24, 2.45) is 0 Å². The average molecular weight is 454 g/mol. The lowest BCUT2D eigenvalue weighted by molar-refractivity contribution is -0.117. The molecule has 0 aromatic heterocycles. The van der Waals surface area contributed by atoms with Crippen molar-refractivity contribution < 1.29 is 26.7 Å². The van der Waals surface area contributed by atoms with Crippen LogP contribution >= 0.6 is 0 Å². The summed E-state index contributed by atoms with van der Waals surface area (Å²) in [5.41, 5.74) is 2.09. The van der Waals surface area contributed by atoms with E-state index in [2.05, 4.69) is 10.1 Å². The molecule has 2 aromatic rings. The van der Waals surface area contributed by atoms with E-state index in [4.69, 9.17) is 0 Å². The molecule has 1 saturated heterocycles. The van der Waals surface area contributed by atoms with Crippen molar-refractivity contribution in [2.45, 2.75) is 25.4 Å². The molecule has 7 nitrogen and oxygen atoms in total. The molecule has 1 N–H and O–H groups in total. The van der Waals surface area contributed by atoms with Gasteiger partial charge in [0.2, 0.25) is 15.9 Å². The minimum absolute atomic E-state index is 0.0245. The molecule has 1 heterocycles. The van der Waals surface area contributed by atoms with E-state index >= 15 is 0 Å². The first-order chi connectivity index (χ1) is 14.6. The van der Waals surface area contributed by atoms with Crippen LogP contribution in [-0.2, 0) is 14.8 Å². The molecule has 0 aliphatic carbocycles. The van der Waals surface area contributed by atoms with E-state index in [1.807, 2.05) is 11.8 Å². The molecule has 31 heavy (non-hydrogen) atoms. The summed E-state index contributed by atoms with van der Waals surface area (Å²) in [6.45, 7) is 2.22. The van der Waals surface area contributed by atoms with Crippen LogP contribution in [0, 0.1) is 13.8 Å². The van der Waals surface area contributed by atoms with E-state index in [1.54, 1.807) is 31.2 Å². The molecule has 1 fully saturated rings. The number of hydrogen-bond donors (Lipinski definition) is 1. The Morgan fingerprint density at radius 1 is 1.06 bits per heavy atom. The quantitative estimate of drug-likeness (QED) is 0.698. The Labute approximate surface area is 180 Å². The second kappa shape index (κ2) is 9.71. The van der Waals surface area contributed by atoms with Crippen LogP contribution < -0.4 is 10.1 Å². The van der Waals surface area contributed by atoms with E-state index in [1.165, 1.54) is 22.5 Å². The zero-order chi connectivity index (χ0) is 22.6. The third-order valence-electron chi connectivity index (χ3n) is 5.05. The van der Waals surface area contributed by atoms with Gasteiger partial charge in [-0.2, -0.15) is 13.1 Å². The Bertz CT molecular complexity index is 1020. The van der Waals surface area contributed by atoms with E-state index in [0.29, 0.717) is 37.4 Å². The maximum absolute atomic E-state index is 12.8. The van der Waals surface area contributed by atoms with Crippen LogP contribution in [0.4, 0.5) is 14.5 Å². The monoisotopic (exact) mass is 453 g/mol. The fourth-order valence-corrected chi connectivity index (χ4v) is 4.75. The first kappa shape index (κ1) is 23.1. The standard InChI is InChI=1S/C21H25F2N3O4S/c1-15-3-6-18(7-4-15)31(28,29)26-11-9-25(10-12-26)14-20(27)24-19-8-5-17(13-16(19)2)30-21(22)23/h3-8,13,21H,9-12,14H2,1-2H3,(H,24,27). The van der Waals surface area contributed by atoms with Crippen LogP contribution in [0.5, 0.6) is 5.75 Å². The molecule has 10 heteroatoms. The molecule has 2 aromatic carbocycles. The minimum atomic E-state index is -3.56. The molecule has 1 aliphatic heterocycles. The Morgan fingerprint density at radius 2 is 1.71 bits per heavy atom. The van der Waals surface area contributed by atoms with E-state index in [-0.39, 0.29) is 23.1 Å². The summed E-state index contributed by atoms with van der Waals surface area (Å²) in [5.74, 6) is -0.239. The zero-order valence-electron chi connectivity index (χ0n) is 17.3. The smallest absolute Gasteiger partial charge is 0.387 e. The summed E-state index contributed by atoms with van der Waals surface area (Å²) in [7, 11) is -3.56. The molecular formula is C21H25F2N3O4S. The first-order valence-electron chi connectivity index (χ1n) is 9.79. The number of amides is 1. The maximum atomic E-state index is 12.8. The highest BCUT2D eigenvalue weighted by atomic mass is 32.2. The molecule has 0 saturated carbocycles. The predicted octanol–water partition coefficient (Wildman–Crippen LogP) is 2.85. The molecule has 0 atom stereocenters. The number of piperazine rings is 1. The van der Waals surface area contributed by atoms with Gasteiger partial charge in [-0.05, 0) is 49.7 Å². The summed E-state index contributed by atoms with van der Waals surface area (Å²) in [4.78, 5) is 14.5. The van der Waals surface area contributed by atoms with Gasteiger partial charge >= 0.3 is 6.61 Å². The van der Waals surface area contributed by atoms with Gasteiger partial charge in [-0.3, -0.25) is 9.69 Å². The van der Waals surface area contributed by atoms with Crippen LogP contribution in [0.3, 0.4) is 0 Å². The number of anilines is 1. The highest BCUT2D eigenvalue weighted by molar-refractivity contribution is 7.89. The molecule has 168 valence electrons. The number of ether oxygens (including phenoxy) is 1. The molecule has 3 rings (SSSR count). The summed E-state index contributed by atoms with van der Waals surface area (Å²) < 4.78 is 55.9. The number of halogens is 2. The molecular weight excluding hydrogens is 428 g/mol. The number of nitrogens with zero attached hydrogens (tertiary/aromatic N) is 2. The summed E-state index contributed by atoms with van der Waals surface area (Å²) in [6, 6.07) is 11.0. The molecule has 0 radical (unpaired) electrons. The van der Waals surface area contributed by atoms with Crippen molar-refractivity contribution in [1.29, 1.82) is 0 Å².